The van der Waals surface area contributed by atoms with Crippen molar-refractivity contribution in [3.63, 3.8) is 0 Å². The third kappa shape index (κ3) is 3.03. The summed E-state index contributed by atoms with van der Waals surface area (Å²) in [7, 11) is 0. The normalized spacial score (nSPS) is 17.0. The molecule has 0 aromatic carbocycles. The van der Waals surface area contributed by atoms with Crippen LogP contribution >= 0.6 is 11.3 Å². The summed E-state index contributed by atoms with van der Waals surface area (Å²) in [4.78, 5) is 5.64. The zero-order valence-electron chi connectivity index (χ0n) is 8.07. The van der Waals surface area contributed by atoms with E-state index in [1.54, 1.807) is 11.3 Å². The highest BCUT2D eigenvalue weighted by Crippen LogP contribution is 2.18. The molecule has 4 heteroatoms. The SMILES string of the molecule is NC(=NCCc1cccs1)NC1CC1. The van der Waals surface area contributed by atoms with Crippen LogP contribution < -0.4 is 11.1 Å². The molecule has 1 fully saturated rings. The predicted molar refractivity (Wildman–Crippen MR) is 60.7 cm³/mol. The standard InChI is InChI=1S/C10H15N3S/c11-10(13-8-3-4-8)12-6-5-9-2-1-7-14-9/h1-2,7-8H,3-6H2,(H3,11,12,13). The fraction of sp³-hybridized carbons (Fsp3) is 0.500. The molecule has 2 rings (SSSR count). The van der Waals surface area contributed by atoms with Gasteiger partial charge in [0.1, 0.15) is 0 Å². The number of rotatable bonds is 4. The largest absolute Gasteiger partial charge is 0.370 e. The van der Waals surface area contributed by atoms with Gasteiger partial charge in [0.25, 0.3) is 0 Å². The summed E-state index contributed by atoms with van der Waals surface area (Å²) in [6.45, 7) is 0.784. The van der Waals surface area contributed by atoms with Crippen LogP contribution in [0.5, 0.6) is 0 Å². The fourth-order valence-electron chi connectivity index (χ4n) is 1.22. The van der Waals surface area contributed by atoms with Gasteiger partial charge in [-0.15, -0.1) is 11.3 Å². The average molecular weight is 209 g/mol. The highest BCUT2D eigenvalue weighted by Gasteiger charge is 2.21. The smallest absolute Gasteiger partial charge is 0.188 e. The summed E-state index contributed by atoms with van der Waals surface area (Å²) in [5.74, 6) is 0.601. The van der Waals surface area contributed by atoms with Gasteiger partial charge in [-0.3, -0.25) is 4.99 Å². The van der Waals surface area contributed by atoms with E-state index in [1.807, 2.05) is 0 Å². The Hall–Kier alpha value is -1.03. The van der Waals surface area contributed by atoms with E-state index in [9.17, 15) is 0 Å². The Bertz CT molecular complexity index is 301. The minimum Gasteiger partial charge on any atom is -0.370 e. The van der Waals surface area contributed by atoms with E-state index >= 15 is 0 Å². The zero-order chi connectivity index (χ0) is 9.80. The second-order valence-electron chi connectivity index (χ2n) is 3.51. The quantitative estimate of drug-likeness (QED) is 0.581. The summed E-state index contributed by atoms with van der Waals surface area (Å²) in [6, 6.07) is 4.79. The van der Waals surface area contributed by atoms with E-state index in [4.69, 9.17) is 5.73 Å². The number of nitrogens with zero attached hydrogens (tertiary/aromatic N) is 1. The second kappa shape index (κ2) is 4.46. The summed E-state index contributed by atoms with van der Waals surface area (Å²) in [5.41, 5.74) is 5.70. The summed E-state index contributed by atoms with van der Waals surface area (Å²) < 4.78 is 0. The van der Waals surface area contributed by atoms with Crippen LogP contribution in [-0.2, 0) is 6.42 Å². The molecule has 1 aliphatic carbocycles. The zero-order valence-corrected chi connectivity index (χ0v) is 8.89. The molecule has 0 bridgehead atoms. The van der Waals surface area contributed by atoms with Gasteiger partial charge in [-0.2, -0.15) is 0 Å². The van der Waals surface area contributed by atoms with Crippen molar-refractivity contribution in [2.75, 3.05) is 6.54 Å². The van der Waals surface area contributed by atoms with Crippen LogP contribution in [0, 0.1) is 0 Å². The molecule has 0 saturated heterocycles. The van der Waals surface area contributed by atoms with Gasteiger partial charge in [-0.25, -0.2) is 0 Å². The number of thiophene rings is 1. The number of aliphatic imine (C=N–C) groups is 1. The monoisotopic (exact) mass is 209 g/mol. The first kappa shape index (κ1) is 9.52. The molecular weight excluding hydrogens is 194 g/mol. The van der Waals surface area contributed by atoms with Crippen LogP contribution in [0.2, 0.25) is 0 Å². The Morgan fingerprint density at radius 1 is 1.64 bits per heavy atom. The van der Waals surface area contributed by atoms with Crippen molar-refractivity contribution < 1.29 is 0 Å². The Labute approximate surface area is 88.0 Å². The van der Waals surface area contributed by atoms with Crippen molar-refractivity contribution in [2.24, 2.45) is 10.7 Å². The van der Waals surface area contributed by atoms with Crippen molar-refractivity contribution in [3.05, 3.63) is 22.4 Å². The molecule has 0 aliphatic heterocycles. The molecule has 3 N–H and O–H groups in total. The molecule has 0 amide bonds. The van der Waals surface area contributed by atoms with E-state index in [-0.39, 0.29) is 0 Å². The van der Waals surface area contributed by atoms with Gasteiger partial charge in [-0.05, 0) is 24.3 Å². The lowest BCUT2D eigenvalue weighted by Gasteiger charge is -2.01. The number of guanidine groups is 1. The first-order chi connectivity index (χ1) is 6.84. The molecule has 1 aromatic heterocycles. The number of nitrogens with two attached hydrogens (primary N) is 1. The van der Waals surface area contributed by atoms with Crippen molar-refractivity contribution in [3.8, 4) is 0 Å². The maximum atomic E-state index is 5.70. The number of hydrogen-bond acceptors (Lipinski definition) is 2. The van der Waals surface area contributed by atoms with E-state index in [0.29, 0.717) is 12.0 Å². The molecule has 1 saturated carbocycles. The van der Waals surface area contributed by atoms with E-state index in [0.717, 1.165) is 13.0 Å². The van der Waals surface area contributed by atoms with Crippen LogP contribution in [0.15, 0.2) is 22.5 Å². The Morgan fingerprint density at radius 2 is 2.50 bits per heavy atom. The van der Waals surface area contributed by atoms with Crippen LogP contribution in [0.1, 0.15) is 17.7 Å². The Morgan fingerprint density at radius 3 is 3.14 bits per heavy atom. The molecule has 1 heterocycles. The first-order valence-electron chi connectivity index (χ1n) is 4.93. The molecule has 0 spiro atoms. The predicted octanol–water partition coefficient (Wildman–Crippen LogP) is 1.36. The lowest BCUT2D eigenvalue weighted by Crippen LogP contribution is -2.33. The van der Waals surface area contributed by atoms with Gasteiger partial charge in [0.15, 0.2) is 5.96 Å². The minimum absolute atomic E-state index is 0.598. The average Bonchev–Trinajstić information content (AvgIpc) is 2.82. The summed E-state index contributed by atoms with van der Waals surface area (Å²) in [5, 5.41) is 5.25. The molecular formula is C10H15N3S. The van der Waals surface area contributed by atoms with Crippen molar-refractivity contribution in [2.45, 2.75) is 25.3 Å². The molecule has 0 radical (unpaired) electrons. The Kier molecular flexibility index (Phi) is 3.03. The molecule has 0 atom stereocenters. The van der Waals surface area contributed by atoms with Crippen LogP contribution in [0.25, 0.3) is 0 Å². The summed E-state index contributed by atoms with van der Waals surface area (Å²) >= 11 is 1.77. The van der Waals surface area contributed by atoms with Gasteiger partial charge < -0.3 is 11.1 Å². The number of nitrogens with one attached hydrogen (secondary N) is 1. The van der Waals surface area contributed by atoms with Gasteiger partial charge in [0.05, 0.1) is 0 Å². The maximum absolute atomic E-state index is 5.70. The van der Waals surface area contributed by atoms with E-state index in [2.05, 4.69) is 27.8 Å². The second-order valence-corrected chi connectivity index (χ2v) is 4.55. The molecule has 0 unspecified atom stereocenters. The van der Waals surface area contributed by atoms with Gasteiger partial charge >= 0.3 is 0 Å². The highest BCUT2D eigenvalue weighted by molar-refractivity contribution is 7.09. The molecule has 1 aliphatic rings. The van der Waals surface area contributed by atoms with Crippen molar-refractivity contribution in [1.82, 2.24) is 5.32 Å². The molecule has 1 aromatic rings. The number of hydrogen-bond donors (Lipinski definition) is 2. The first-order valence-corrected chi connectivity index (χ1v) is 5.81. The third-order valence-corrected chi connectivity index (χ3v) is 3.09. The van der Waals surface area contributed by atoms with Gasteiger partial charge in [0.2, 0.25) is 0 Å². The molecule has 14 heavy (non-hydrogen) atoms. The van der Waals surface area contributed by atoms with Crippen molar-refractivity contribution in [1.29, 1.82) is 0 Å². The van der Waals surface area contributed by atoms with Gasteiger partial charge in [0, 0.05) is 23.9 Å². The van der Waals surface area contributed by atoms with Crippen LogP contribution in [0.4, 0.5) is 0 Å². The van der Waals surface area contributed by atoms with Crippen LogP contribution in [-0.4, -0.2) is 18.5 Å². The van der Waals surface area contributed by atoms with E-state index in [1.165, 1.54) is 17.7 Å². The maximum Gasteiger partial charge on any atom is 0.188 e. The lowest BCUT2D eigenvalue weighted by atomic mass is 10.3. The molecule has 3 nitrogen and oxygen atoms in total. The highest BCUT2D eigenvalue weighted by atomic mass is 32.1. The van der Waals surface area contributed by atoms with Crippen LogP contribution in [0.3, 0.4) is 0 Å². The van der Waals surface area contributed by atoms with Crippen molar-refractivity contribution >= 4 is 17.3 Å². The minimum atomic E-state index is 0.598. The lowest BCUT2D eigenvalue weighted by molar-refractivity contribution is 0.873. The third-order valence-electron chi connectivity index (χ3n) is 2.15. The van der Waals surface area contributed by atoms with E-state index < -0.39 is 0 Å². The Balaban J connectivity index is 1.69. The topological polar surface area (TPSA) is 50.4 Å². The summed E-state index contributed by atoms with van der Waals surface area (Å²) in [6.07, 6.45) is 3.47. The van der Waals surface area contributed by atoms with Gasteiger partial charge in [-0.1, -0.05) is 6.07 Å². The fourth-order valence-corrected chi connectivity index (χ4v) is 1.92. The molecule has 76 valence electrons.